The Morgan fingerprint density at radius 3 is 2.43 bits per heavy atom. The van der Waals surface area contributed by atoms with Gasteiger partial charge in [0.2, 0.25) is 11.8 Å². The number of anilines is 1. The number of rotatable bonds is 5. The fraction of sp³-hybridized carbons (Fsp3) is 0.619. The summed E-state index contributed by atoms with van der Waals surface area (Å²) < 4.78 is 37.1. The van der Waals surface area contributed by atoms with Crippen LogP contribution in [0.2, 0.25) is 0 Å². The number of amides is 2. The van der Waals surface area contributed by atoms with Crippen molar-refractivity contribution in [1.82, 2.24) is 4.90 Å². The van der Waals surface area contributed by atoms with Gasteiger partial charge in [-0.05, 0) is 49.8 Å². The molecule has 1 aliphatic carbocycles. The maximum absolute atomic E-state index is 14.1. The quantitative estimate of drug-likeness (QED) is 0.732. The van der Waals surface area contributed by atoms with Crippen LogP contribution in [0.25, 0.3) is 0 Å². The maximum Gasteiger partial charge on any atom is 0.227 e. The molecule has 0 radical (unpaired) electrons. The normalized spacial score (nSPS) is 23.2. The molecule has 3 rings (SSSR count). The Morgan fingerprint density at radius 1 is 1.17 bits per heavy atom. The van der Waals surface area contributed by atoms with Gasteiger partial charge in [0.1, 0.15) is 5.82 Å². The molecule has 2 amide bonds. The number of halogens is 1. The molecule has 7 nitrogen and oxygen atoms in total. The van der Waals surface area contributed by atoms with Crippen LogP contribution in [0.15, 0.2) is 23.1 Å². The summed E-state index contributed by atoms with van der Waals surface area (Å²) in [6, 6.07) is 3.39. The number of hydrogen-bond donors (Lipinski definition) is 2. The lowest BCUT2D eigenvalue weighted by molar-refractivity contribution is -0.138. The van der Waals surface area contributed by atoms with Gasteiger partial charge >= 0.3 is 0 Å². The Morgan fingerprint density at radius 2 is 1.83 bits per heavy atom. The van der Waals surface area contributed by atoms with Crippen LogP contribution in [0.3, 0.4) is 0 Å². The van der Waals surface area contributed by atoms with E-state index in [1.54, 1.807) is 0 Å². The smallest absolute Gasteiger partial charge is 0.227 e. The first-order chi connectivity index (χ1) is 14.1. The highest BCUT2D eigenvalue weighted by atomic mass is 32.2. The highest BCUT2D eigenvalue weighted by molar-refractivity contribution is 7.90. The molecule has 166 valence electrons. The highest BCUT2D eigenvalue weighted by Crippen LogP contribution is 2.28. The minimum atomic E-state index is -3.51. The van der Waals surface area contributed by atoms with Crippen LogP contribution in [0.1, 0.15) is 44.9 Å². The van der Waals surface area contributed by atoms with E-state index < -0.39 is 15.7 Å². The van der Waals surface area contributed by atoms with Crippen molar-refractivity contribution in [2.24, 2.45) is 17.6 Å². The lowest BCUT2D eigenvalue weighted by Crippen LogP contribution is -2.48. The lowest BCUT2D eigenvalue weighted by Gasteiger charge is -2.37. The summed E-state index contributed by atoms with van der Waals surface area (Å²) in [6.45, 7) is 1.22. The third-order valence-corrected chi connectivity index (χ3v) is 7.29. The molecule has 30 heavy (non-hydrogen) atoms. The SMILES string of the molecule is CS(=O)(=O)c1ccc(NC(=O)CC2CCN(C(=O)C3CCCCC3N)CC2)c(F)c1. The van der Waals surface area contributed by atoms with E-state index in [1.807, 2.05) is 4.90 Å². The Kier molecular flexibility index (Phi) is 7.13. The molecule has 3 N–H and O–H groups in total. The van der Waals surface area contributed by atoms with Gasteiger partial charge in [0.25, 0.3) is 0 Å². The first-order valence-corrected chi connectivity index (χ1v) is 12.4. The van der Waals surface area contributed by atoms with E-state index >= 15 is 0 Å². The van der Waals surface area contributed by atoms with Crippen molar-refractivity contribution >= 4 is 27.3 Å². The van der Waals surface area contributed by atoms with Crippen LogP contribution in [0.4, 0.5) is 10.1 Å². The van der Waals surface area contributed by atoms with E-state index in [0.717, 1.165) is 50.8 Å². The van der Waals surface area contributed by atoms with Gasteiger partial charge in [0.15, 0.2) is 9.84 Å². The number of hydrogen-bond acceptors (Lipinski definition) is 5. The number of sulfone groups is 1. The molecule has 2 aliphatic rings. The molecule has 2 atom stereocenters. The molecule has 0 bridgehead atoms. The molecule has 0 aromatic heterocycles. The number of piperidine rings is 1. The zero-order valence-electron chi connectivity index (χ0n) is 17.3. The fourth-order valence-corrected chi connectivity index (χ4v) is 4.98. The van der Waals surface area contributed by atoms with Crippen LogP contribution in [-0.4, -0.2) is 50.5 Å². The third-order valence-electron chi connectivity index (χ3n) is 6.18. The van der Waals surface area contributed by atoms with E-state index in [2.05, 4.69) is 5.32 Å². The summed E-state index contributed by atoms with van der Waals surface area (Å²) >= 11 is 0. The van der Waals surface area contributed by atoms with E-state index in [1.165, 1.54) is 12.1 Å². The second-order valence-corrected chi connectivity index (χ2v) is 10.5. The van der Waals surface area contributed by atoms with Crippen molar-refractivity contribution in [1.29, 1.82) is 0 Å². The molecule has 1 aromatic rings. The molecule has 1 aliphatic heterocycles. The largest absolute Gasteiger partial charge is 0.342 e. The summed E-state index contributed by atoms with van der Waals surface area (Å²) in [6.07, 6.45) is 6.55. The molecule has 1 saturated carbocycles. The minimum Gasteiger partial charge on any atom is -0.342 e. The topological polar surface area (TPSA) is 110 Å². The zero-order valence-corrected chi connectivity index (χ0v) is 18.1. The maximum atomic E-state index is 14.1. The van der Waals surface area contributed by atoms with Crippen LogP contribution in [0.5, 0.6) is 0 Å². The van der Waals surface area contributed by atoms with Gasteiger partial charge in [0, 0.05) is 31.8 Å². The number of nitrogens with one attached hydrogen (secondary N) is 1. The molecular weight excluding hydrogens is 409 g/mol. The Bertz CT molecular complexity index is 898. The zero-order chi connectivity index (χ0) is 21.9. The molecule has 1 heterocycles. The number of carbonyl (C=O) groups excluding carboxylic acids is 2. The van der Waals surface area contributed by atoms with E-state index in [-0.39, 0.29) is 46.7 Å². The summed E-state index contributed by atoms with van der Waals surface area (Å²) in [5.41, 5.74) is 6.10. The standard InChI is InChI=1S/C21H30FN3O4S/c1-30(28,29)15-6-7-19(17(22)13-15)24-20(26)12-14-8-10-25(11-9-14)21(27)16-4-2-3-5-18(16)23/h6-7,13-14,16,18H,2-5,8-12,23H2,1H3,(H,24,26). The average molecular weight is 440 g/mol. The number of nitrogens with two attached hydrogens (primary N) is 1. The van der Waals surface area contributed by atoms with E-state index in [9.17, 15) is 22.4 Å². The predicted molar refractivity (Wildman–Crippen MR) is 112 cm³/mol. The van der Waals surface area contributed by atoms with Crippen LogP contribution < -0.4 is 11.1 Å². The van der Waals surface area contributed by atoms with Gasteiger partial charge in [-0.3, -0.25) is 9.59 Å². The van der Waals surface area contributed by atoms with Crippen molar-refractivity contribution in [2.75, 3.05) is 24.7 Å². The van der Waals surface area contributed by atoms with Crippen LogP contribution >= 0.6 is 0 Å². The molecular formula is C21H30FN3O4S. The Balaban J connectivity index is 1.49. The highest BCUT2D eigenvalue weighted by Gasteiger charge is 2.33. The molecule has 1 aromatic carbocycles. The van der Waals surface area contributed by atoms with Gasteiger partial charge in [-0.15, -0.1) is 0 Å². The molecule has 1 saturated heterocycles. The Hall–Kier alpha value is -2.00. The summed E-state index contributed by atoms with van der Waals surface area (Å²) in [5.74, 6) is -0.933. The first kappa shape index (κ1) is 22.7. The second kappa shape index (κ2) is 9.43. The van der Waals surface area contributed by atoms with Crippen molar-refractivity contribution in [3.05, 3.63) is 24.0 Å². The van der Waals surface area contributed by atoms with Crippen LogP contribution in [0, 0.1) is 17.7 Å². The molecule has 2 fully saturated rings. The molecule has 9 heteroatoms. The number of benzene rings is 1. The van der Waals surface area contributed by atoms with Crippen LogP contribution in [-0.2, 0) is 19.4 Å². The number of likely N-dealkylation sites (tertiary alicyclic amines) is 1. The molecule has 2 unspecified atom stereocenters. The Labute approximate surface area is 177 Å². The van der Waals surface area contributed by atoms with Gasteiger partial charge in [0.05, 0.1) is 16.5 Å². The monoisotopic (exact) mass is 439 g/mol. The lowest BCUT2D eigenvalue weighted by atomic mass is 9.83. The summed E-state index contributed by atoms with van der Waals surface area (Å²) in [7, 11) is -3.51. The first-order valence-electron chi connectivity index (χ1n) is 10.5. The number of carbonyl (C=O) groups is 2. The van der Waals surface area contributed by atoms with Crippen molar-refractivity contribution in [3.8, 4) is 0 Å². The minimum absolute atomic E-state index is 0.0358. The van der Waals surface area contributed by atoms with E-state index in [0.29, 0.717) is 13.1 Å². The van der Waals surface area contributed by atoms with Gasteiger partial charge in [-0.1, -0.05) is 12.8 Å². The van der Waals surface area contributed by atoms with E-state index in [4.69, 9.17) is 5.73 Å². The van der Waals surface area contributed by atoms with Gasteiger partial charge in [-0.2, -0.15) is 0 Å². The average Bonchev–Trinajstić information content (AvgIpc) is 2.69. The van der Waals surface area contributed by atoms with Gasteiger partial charge < -0.3 is 16.0 Å². The summed E-state index contributed by atoms with van der Waals surface area (Å²) in [5, 5.41) is 2.52. The van der Waals surface area contributed by atoms with Crippen molar-refractivity contribution in [2.45, 2.75) is 55.9 Å². The van der Waals surface area contributed by atoms with Gasteiger partial charge in [-0.25, -0.2) is 12.8 Å². The summed E-state index contributed by atoms with van der Waals surface area (Å²) in [4.78, 5) is 26.8. The van der Waals surface area contributed by atoms with Crippen molar-refractivity contribution in [3.63, 3.8) is 0 Å². The molecule has 0 spiro atoms. The third kappa shape index (κ3) is 5.57. The second-order valence-electron chi connectivity index (χ2n) is 8.49. The fourth-order valence-electron chi connectivity index (χ4n) is 4.35. The number of nitrogens with zero attached hydrogens (tertiary/aromatic N) is 1. The predicted octanol–water partition coefficient (Wildman–Crippen LogP) is 2.31. The van der Waals surface area contributed by atoms with Crippen molar-refractivity contribution < 1.29 is 22.4 Å².